The number of nitrogens with zero attached hydrogens (tertiary/aromatic N) is 1. The summed E-state index contributed by atoms with van der Waals surface area (Å²) < 4.78 is 0. The molecule has 1 fully saturated rings. The minimum absolute atomic E-state index is 0.903. The lowest BCUT2D eigenvalue weighted by Crippen LogP contribution is -2.38. The van der Waals surface area contributed by atoms with E-state index in [2.05, 4.69) is 17.1 Å². The van der Waals surface area contributed by atoms with E-state index in [1.54, 1.807) is 0 Å². The molecule has 14 heavy (non-hydrogen) atoms. The monoisotopic (exact) mass is 193 g/mol. The third kappa shape index (κ3) is 2.84. The average molecular weight is 193 g/mol. The van der Waals surface area contributed by atoms with Crippen LogP contribution in [0.5, 0.6) is 0 Å². The summed E-state index contributed by atoms with van der Waals surface area (Å²) in [6, 6.07) is 0.903. The summed E-state index contributed by atoms with van der Waals surface area (Å²) >= 11 is 0. The van der Waals surface area contributed by atoms with E-state index in [0.29, 0.717) is 0 Å². The van der Waals surface area contributed by atoms with Crippen LogP contribution < -0.4 is 0 Å². The molecule has 0 radical (unpaired) electrons. The molecular formula is C13H23N. The molecule has 0 atom stereocenters. The van der Waals surface area contributed by atoms with E-state index in [-0.39, 0.29) is 0 Å². The van der Waals surface area contributed by atoms with Crippen LogP contribution in [0.1, 0.15) is 51.4 Å². The van der Waals surface area contributed by atoms with Crippen molar-refractivity contribution in [2.75, 3.05) is 13.1 Å². The lowest BCUT2D eigenvalue weighted by atomic mass is 9.95. The number of hydrogen-bond acceptors (Lipinski definition) is 1. The van der Waals surface area contributed by atoms with Crippen LogP contribution in [-0.4, -0.2) is 24.0 Å². The van der Waals surface area contributed by atoms with Crippen LogP contribution in [0.4, 0.5) is 0 Å². The van der Waals surface area contributed by atoms with Gasteiger partial charge in [-0.15, -0.1) is 0 Å². The molecule has 2 rings (SSSR count). The van der Waals surface area contributed by atoms with Gasteiger partial charge in [0.25, 0.3) is 0 Å². The predicted octanol–water partition coefficient (Wildman–Crippen LogP) is 3.36. The van der Waals surface area contributed by atoms with Crippen molar-refractivity contribution in [3.05, 3.63) is 12.2 Å². The van der Waals surface area contributed by atoms with Crippen LogP contribution in [0.2, 0.25) is 0 Å². The first-order valence-corrected chi connectivity index (χ1v) is 6.36. The maximum Gasteiger partial charge on any atom is 0.0166 e. The summed E-state index contributed by atoms with van der Waals surface area (Å²) in [5.74, 6) is 0. The van der Waals surface area contributed by atoms with Gasteiger partial charge in [-0.05, 0) is 19.3 Å². The van der Waals surface area contributed by atoms with Crippen molar-refractivity contribution in [2.24, 2.45) is 0 Å². The molecule has 1 heteroatoms. The van der Waals surface area contributed by atoms with Gasteiger partial charge in [0.15, 0.2) is 0 Å². The van der Waals surface area contributed by atoms with Crippen molar-refractivity contribution in [2.45, 2.75) is 57.4 Å². The number of rotatable bonds is 1. The molecule has 0 aromatic rings. The van der Waals surface area contributed by atoms with E-state index in [1.165, 1.54) is 64.5 Å². The van der Waals surface area contributed by atoms with Crippen molar-refractivity contribution in [3.63, 3.8) is 0 Å². The van der Waals surface area contributed by atoms with E-state index in [1.807, 2.05) is 0 Å². The van der Waals surface area contributed by atoms with Gasteiger partial charge in [0.2, 0.25) is 0 Å². The second-order valence-corrected chi connectivity index (χ2v) is 4.75. The standard InChI is InChI=1S/C13H23N/c1-2-5-9-13(10-6-3-1)14-11-7-4-8-12-14/h4,7,13H,1-3,5-6,8-12H2. The van der Waals surface area contributed by atoms with Gasteiger partial charge in [0.05, 0.1) is 0 Å². The van der Waals surface area contributed by atoms with Gasteiger partial charge >= 0.3 is 0 Å². The van der Waals surface area contributed by atoms with Crippen LogP contribution in [0.25, 0.3) is 0 Å². The predicted molar refractivity (Wildman–Crippen MR) is 61.4 cm³/mol. The van der Waals surface area contributed by atoms with Crippen molar-refractivity contribution in [1.82, 2.24) is 4.90 Å². The summed E-state index contributed by atoms with van der Waals surface area (Å²) in [7, 11) is 0. The van der Waals surface area contributed by atoms with E-state index in [9.17, 15) is 0 Å². The van der Waals surface area contributed by atoms with E-state index in [4.69, 9.17) is 0 Å². The van der Waals surface area contributed by atoms with E-state index < -0.39 is 0 Å². The topological polar surface area (TPSA) is 3.24 Å². The van der Waals surface area contributed by atoms with Gasteiger partial charge in [-0.1, -0.05) is 44.3 Å². The van der Waals surface area contributed by atoms with Gasteiger partial charge in [0.1, 0.15) is 0 Å². The van der Waals surface area contributed by atoms with Crippen LogP contribution in [0, 0.1) is 0 Å². The third-order valence-electron chi connectivity index (χ3n) is 3.68. The first kappa shape index (κ1) is 10.2. The molecule has 0 aromatic heterocycles. The molecule has 1 aliphatic carbocycles. The molecule has 0 N–H and O–H groups in total. The summed E-state index contributed by atoms with van der Waals surface area (Å²) in [5, 5.41) is 0. The zero-order chi connectivity index (χ0) is 9.64. The Kier molecular flexibility index (Phi) is 4.05. The molecule has 0 aromatic carbocycles. The van der Waals surface area contributed by atoms with E-state index >= 15 is 0 Å². The molecule has 1 saturated carbocycles. The van der Waals surface area contributed by atoms with Gasteiger partial charge in [0, 0.05) is 19.1 Å². The Hall–Kier alpha value is -0.300. The molecule has 1 nitrogen and oxygen atoms in total. The highest BCUT2D eigenvalue weighted by atomic mass is 15.1. The molecule has 0 saturated heterocycles. The largest absolute Gasteiger partial charge is 0.296 e. The molecule has 0 unspecified atom stereocenters. The Labute approximate surface area is 88.2 Å². The fourth-order valence-electron chi connectivity index (χ4n) is 2.79. The summed E-state index contributed by atoms with van der Waals surface area (Å²) in [4.78, 5) is 2.70. The smallest absolute Gasteiger partial charge is 0.0166 e. The third-order valence-corrected chi connectivity index (χ3v) is 3.68. The Morgan fingerprint density at radius 3 is 2.21 bits per heavy atom. The second-order valence-electron chi connectivity index (χ2n) is 4.75. The quantitative estimate of drug-likeness (QED) is 0.577. The normalized spacial score (nSPS) is 27.1. The van der Waals surface area contributed by atoms with Gasteiger partial charge in [-0.3, -0.25) is 4.90 Å². The van der Waals surface area contributed by atoms with E-state index in [0.717, 1.165) is 6.04 Å². The summed E-state index contributed by atoms with van der Waals surface area (Å²) in [6.45, 7) is 2.52. The fraction of sp³-hybridized carbons (Fsp3) is 0.846. The Bertz CT molecular complexity index is 178. The molecule has 1 aliphatic heterocycles. The molecular weight excluding hydrogens is 170 g/mol. The van der Waals surface area contributed by atoms with Gasteiger partial charge < -0.3 is 0 Å². The minimum Gasteiger partial charge on any atom is -0.296 e. The first-order valence-electron chi connectivity index (χ1n) is 6.36. The summed E-state index contributed by atoms with van der Waals surface area (Å²) in [5.41, 5.74) is 0. The lowest BCUT2D eigenvalue weighted by Gasteiger charge is -2.33. The number of hydrogen-bond donors (Lipinski definition) is 0. The molecule has 0 bridgehead atoms. The lowest BCUT2D eigenvalue weighted by molar-refractivity contribution is 0.180. The Morgan fingerprint density at radius 1 is 0.857 bits per heavy atom. The Balaban J connectivity index is 1.83. The first-order chi connectivity index (χ1) is 6.97. The van der Waals surface area contributed by atoms with Crippen molar-refractivity contribution >= 4 is 0 Å². The zero-order valence-corrected chi connectivity index (χ0v) is 9.25. The highest BCUT2D eigenvalue weighted by Crippen LogP contribution is 2.22. The summed E-state index contributed by atoms with van der Waals surface area (Å²) in [6.07, 6.45) is 16.2. The SMILES string of the molecule is C1=CCN(C2CCCCCCC2)CC1. The molecule has 0 amide bonds. The maximum absolute atomic E-state index is 2.70. The maximum atomic E-state index is 2.70. The average Bonchev–Trinajstić information content (AvgIpc) is 2.18. The van der Waals surface area contributed by atoms with Crippen LogP contribution in [0.3, 0.4) is 0 Å². The van der Waals surface area contributed by atoms with Crippen LogP contribution in [0.15, 0.2) is 12.2 Å². The van der Waals surface area contributed by atoms with Crippen LogP contribution >= 0.6 is 0 Å². The molecule has 80 valence electrons. The fourth-order valence-corrected chi connectivity index (χ4v) is 2.79. The Morgan fingerprint density at radius 2 is 1.57 bits per heavy atom. The van der Waals surface area contributed by atoms with Gasteiger partial charge in [-0.2, -0.15) is 0 Å². The molecule has 1 heterocycles. The minimum atomic E-state index is 0.903. The molecule has 2 aliphatic rings. The van der Waals surface area contributed by atoms with Crippen molar-refractivity contribution in [3.8, 4) is 0 Å². The van der Waals surface area contributed by atoms with Crippen LogP contribution in [-0.2, 0) is 0 Å². The van der Waals surface area contributed by atoms with Crippen molar-refractivity contribution < 1.29 is 0 Å². The van der Waals surface area contributed by atoms with Crippen molar-refractivity contribution in [1.29, 1.82) is 0 Å². The van der Waals surface area contributed by atoms with Gasteiger partial charge in [-0.25, -0.2) is 0 Å². The zero-order valence-electron chi connectivity index (χ0n) is 9.25. The highest BCUT2D eigenvalue weighted by molar-refractivity contribution is 4.93. The molecule has 0 spiro atoms. The highest BCUT2D eigenvalue weighted by Gasteiger charge is 2.18. The second kappa shape index (κ2) is 5.55.